The molecule has 0 aliphatic heterocycles. The number of thioether (sulfide) groups is 1. The third-order valence-corrected chi connectivity index (χ3v) is 5.21. The predicted molar refractivity (Wildman–Crippen MR) is 100 cm³/mol. The van der Waals surface area contributed by atoms with Crippen LogP contribution in [0.3, 0.4) is 0 Å². The van der Waals surface area contributed by atoms with Gasteiger partial charge in [0.1, 0.15) is 17.4 Å². The van der Waals surface area contributed by atoms with Crippen molar-refractivity contribution in [2.45, 2.75) is 37.4 Å². The van der Waals surface area contributed by atoms with Gasteiger partial charge in [0.25, 0.3) is 0 Å². The van der Waals surface area contributed by atoms with Gasteiger partial charge in [-0.2, -0.15) is 13.2 Å². The zero-order chi connectivity index (χ0) is 21.0. The van der Waals surface area contributed by atoms with Crippen molar-refractivity contribution < 1.29 is 27.2 Å². The number of alkyl halides is 3. The van der Waals surface area contributed by atoms with E-state index in [2.05, 4.69) is 10.1 Å². The molecule has 1 aromatic carbocycles. The highest BCUT2D eigenvalue weighted by Gasteiger charge is 2.30. The van der Waals surface area contributed by atoms with Crippen molar-refractivity contribution in [2.75, 3.05) is 0 Å². The number of benzene rings is 1. The van der Waals surface area contributed by atoms with E-state index in [1.165, 1.54) is 23.9 Å². The molecule has 9 heteroatoms. The van der Waals surface area contributed by atoms with E-state index in [9.17, 15) is 18.0 Å². The highest BCUT2D eigenvalue weighted by atomic mass is 32.2. The van der Waals surface area contributed by atoms with Crippen molar-refractivity contribution in [1.82, 2.24) is 10.1 Å². The molecule has 0 fully saturated rings. The lowest BCUT2D eigenvalue weighted by Crippen LogP contribution is -2.08. The number of aromatic nitrogens is 2. The van der Waals surface area contributed by atoms with Crippen LogP contribution < -0.4 is 0 Å². The summed E-state index contributed by atoms with van der Waals surface area (Å²) in [7, 11) is 0. The number of ether oxygens (including phenoxy) is 1. The Kier molecular flexibility index (Phi) is 6.26. The fourth-order valence-corrected chi connectivity index (χ4v) is 3.66. The number of rotatable bonds is 6. The molecule has 3 rings (SSSR count). The Balaban J connectivity index is 1.65. The Morgan fingerprint density at radius 2 is 1.90 bits per heavy atom. The van der Waals surface area contributed by atoms with E-state index in [1.807, 2.05) is 13.8 Å². The molecule has 0 N–H and O–H groups in total. The Bertz CT molecular complexity index is 981. The summed E-state index contributed by atoms with van der Waals surface area (Å²) < 4.78 is 48.3. The molecule has 0 aliphatic carbocycles. The molecule has 152 valence electrons. The standard InChI is InChI=1S/C20H17F3N2O3S/c1-12-17(13(2)28-25-12)11-29-18-16(4-3-9-24-18)19(26)27-10-14-5-7-15(8-6-14)20(21,22)23/h3-9H,10-11H2,1-2H3. The normalized spacial score (nSPS) is 11.5. The smallest absolute Gasteiger partial charge is 0.416 e. The van der Waals surface area contributed by atoms with E-state index in [1.54, 1.807) is 18.3 Å². The second-order valence-corrected chi connectivity index (χ2v) is 7.18. The maximum absolute atomic E-state index is 12.6. The first kappa shape index (κ1) is 20.9. The van der Waals surface area contributed by atoms with Crippen LogP contribution in [0.1, 0.15) is 38.5 Å². The lowest BCUT2D eigenvalue weighted by atomic mass is 10.1. The molecule has 0 atom stereocenters. The number of nitrogens with zero attached hydrogens (tertiary/aromatic N) is 2. The van der Waals surface area contributed by atoms with Crippen LogP contribution in [0.15, 0.2) is 52.1 Å². The molecular formula is C20H17F3N2O3S. The largest absolute Gasteiger partial charge is 0.457 e. The highest BCUT2D eigenvalue weighted by molar-refractivity contribution is 7.98. The predicted octanol–water partition coefficient (Wildman–Crippen LogP) is 5.35. The fraction of sp³-hybridized carbons (Fsp3) is 0.250. The first-order valence-electron chi connectivity index (χ1n) is 8.58. The summed E-state index contributed by atoms with van der Waals surface area (Å²) in [6.45, 7) is 3.51. The minimum atomic E-state index is -4.40. The van der Waals surface area contributed by atoms with Gasteiger partial charge in [0.15, 0.2) is 0 Å². The van der Waals surface area contributed by atoms with Crippen molar-refractivity contribution in [2.24, 2.45) is 0 Å². The Morgan fingerprint density at radius 3 is 2.52 bits per heavy atom. The minimum absolute atomic E-state index is 0.139. The summed E-state index contributed by atoms with van der Waals surface area (Å²) in [5, 5.41) is 4.39. The number of hydrogen-bond acceptors (Lipinski definition) is 6. The van der Waals surface area contributed by atoms with Crippen LogP contribution in [-0.4, -0.2) is 16.1 Å². The summed E-state index contributed by atoms with van der Waals surface area (Å²) in [5.74, 6) is 0.633. The highest BCUT2D eigenvalue weighted by Crippen LogP contribution is 2.30. The van der Waals surface area contributed by atoms with E-state index < -0.39 is 17.7 Å². The van der Waals surface area contributed by atoms with Gasteiger partial charge in [-0.15, -0.1) is 11.8 Å². The molecule has 5 nitrogen and oxygen atoms in total. The van der Waals surface area contributed by atoms with Crippen molar-refractivity contribution >= 4 is 17.7 Å². The summed E-state index contributed by atoms with van der Waals surface area (Å²) in [6, 6.07) is 7.70. The summed E-state index contributed by atoms with van der Waals surface area (Å²) in [6.07, 6.45) is -2.83. The van der Waals surface area contributed by atoms with E-state index in [-0.39, 0.29) is 12.2 Å². The van der Waals surface area contributed by atoms with Crippen molar-refractivity contribution in [3.05, 3.63) is 76.3 Å². The zero-order valence-corrected chi connectivity index (χ0v) is 16.4. The molecule has 3 aromatic rings. The van der Waals surface area contributed by atoms with E-state index >= 15 is 0 Å². The maximum atomic E-state index is 12.6. The molecule has 2 heterocycles. The van der Waals surface area contributed by atoms with Crippen LogP contribution >= 0.6 is 11.8 Å². The second-order valence-electron chi connectivity index (χ2n) is 6.22. The fourth-order valence-electron chi connectivity index (χ4n) is 2.53. The van der Waals surface area contributed by atoms with Crippen molar-refractivity contribution in [3.8, 4) is 0 Å². The maximum Gasteiger partial charge on any atom is 0.416 e. The van der Waals surface area contributed by atoms with Crippen molar-refractivity contribution in [1.29, 1.82) is 0 Å². The summed E-state index contributed by atoms with van der Waals surface area (Å²) in [4.78, 5) is 16.7. The van der Waals surface area contributed by atoms with Gasteiger partial charge < -0.3 is 9.26 Å². The number of hydrogen-bond donors (Lipinski definition) is 0. The molecule has 0 amide bonds. The molecule has 0 aliphatic rings. The van der Waals surface area contributed by atoms with E-state index in [0.29, 0.717) is 22.1 Å². The van der Waals surface area contributed by atoms with Crippen LogP contribution in [0.5, 0.6) is 0 Å². The monoisotopic (exact) mass is 422 g/mol. The van der Waals surface area contributed by atoms with Gasteiger partial charge >= 0.3 is 12.1 Å². The Labute approximate surface area is 169 Å². The molecule has 0 bridgehead atoms. The Morgan fingerprint density at radius 1 is 1.17 bits per heavy atom. The number of aryl methyl sites for hydroxylation is 2. The van der Waals surface area contributed by atoms with Crippen LogP contribution in [0.2, 0.25) is 0 Å². The van der Waals surface area contributed by atoms with Gasteiger partial charge in [-0.25, -0.2) is 9.78 Å². The lowest BCUT2D eigenvalue weighted by molar-refractivity contribution is -0.137. The number of pyridine rings is 1. The molecular weight excluding hydrogens is 405 g/mol. The third kappa shape index (κ3) is 5.17. The molecule has 0 spiro atoms. The molecule has 0 unspecified atom stereocenters. The SMILES string of the molecule is Cc1noc(C)c1CSc1ncccc1C(=O)OCc1ccc(C(F)(F)F)cc1. The van der Waals surface area contributed by atoms with E-state index in [0.717, 1.165) is 23.4 Å². The molecule has 0 saturated heterocycles. The lowest BCUT2D eigenvalue weighted by Gasteiger charge is -2.10. The van der Waals surface area contributed by atoms with Crippen LogP contribution in [0.4, 0.5) is 13.2 Å². The molecule has 0 radical (unpaired) electrons. The first-order valence-corrected chi connectivity index (χ1v) is 9.57. The Hall–Kier alpha value is -2.81. The molecule has 29 heavy (non-hydrogen) atoms. The van der Waals surface area contributed by atoms with E-state index in [4.69, 9.17) is 9.26 Å². The van der Waals surface area contributed by atoms with Gasteiger partial charge in [0, 0.05) is 17.5 Å². The van der Waals surface area contributed by atoms with Gasteiger partial charge in [0.2, 0.25) is 0 Å². The topological polar surface area (TPSA) is 65.2 Å². The number of halogens is 3. The van der Waals surface area contributed by atoms with Crippen LogP contribution in [0, 0.1) is 13.8 Å². The third-order valence-electron chi connectivity index (χ3n) is 4.18. The first-order chi connectivity index (χ1) is 13.8. The quantitative estimate of drug-likeness (QED) is 0.394. The zero-order valence-electron chi connectivity index (χ0n) is 15.6. The van der Waals surface area contributed by atoms with Crippen LogP contribution in [-0.2, 0) is 23.3 Å². The number of carbonyl (C=O) groups excluding carboxylic acids is 1. The van der Waals surface area contributed by atoms with Gasteiger partial charge in [0.05, 0.1) is 16.8 Å². The minimum Gasteiger partial charge on any atom is -0.457 e. The van der Waals surface area contributed by atoms with Gasteiger partial charge in [-0.3, -0.25) is 0 Å². The molecule has 2 aromatic heterocycles. The average molecular weight is 422 g/mol. The van der Waals surface area contributed by atoms with Gasteiger partial charge in [-0.1, -0.05) is 17.3 Å². The number of carbonyl (C=O) groups is 1. The van der Waals surface area contributed by atoms with Gasteiger partial charge in [-0.05, 0) is 43.7 Å². The van der Waals surface area contributed by atoms with Crippen molar-refractivity contribution in [3.63, 3.8) is 0 Å². The number of esters is 1. The average Bonchev–Trinajstić information content (AvgIpc) is 3.02. The van der Waals surface area contributed by atoms with Crippen LogP contribution in [0.25, 0.3) is 0 Å². The second kappa shape index (κ2) is 8.69. The summed E-state index contributed by atoms with van der Waals surface area (Å²) >= 11 is 1.35. The molecule has 0 saturated carbocycles. The summed E-state index contributed by atoms with van der Waals surface area (Å²) in [5.41, 5.74) is 1.70.